The fourth-order valence-electron chi connectivity index (χ4n) is 0.791. The Bertz CT molecular complexity index is 120. The van der Waals surface area contributed by atoms with E-state index >= 15 is 0 Å². The Balaban J connectivity index is 3.97. The van der Waals surface area contributed by atoms with Gasteiger partial charge in [-0.25, -0.2) is 4.79 Å². The molecule has 0 amide bonds. The number of aliphatic hydroxyl groups excluding tert-OH is 1. The summed E-state index contributed by atoms with van der Waals surface area (Å²) in [7, 11) is 2.67. The van der Waals surface area contributed by atoms with Crippen LogP contribution in [0.25, 0.3) is 0 Å². The normalized spacial score (nSPS) is 15.6. The topological polar surface area (TPSA) is 55.8 Å². The van der Waals surface area contributed by atoms with Crippen molar-refractivity contribution < 1.29 is 19.4 Å². The summed E-state index contributed by atoms with van der Waals surface area (Å²) in [4.78, 5) is 10.7. The van der Waals surface area contributed by atoms with E-state index in [1.807, 2.05) is 6.92 Å². The van der Waals surface area contributed by atoms with Crippen LogP contribution in [0.4, 0.5) is 0 Å². The van der Waals surface area contributed by atoms with Gasteiger partial charge in [-0.2, -0.15) is 0 Å². The van der Waals surface area contributed by atoms with Gasteiger partial charge in [-0.05, 0) is 6.42 Å². The minimum Gasteiger partial charge on any atom is -0.467 e. The highest BCUT2D eigenvalue weighted by Crippen LogP contribution is 2.03. The molecule has 4 nitrogen and oxygen atoms in total. The molecule has 0 fully saturated rings. The average molecular weight is 162 g/mol. The Hall–Kier alpha value is -0.610. The molecule has 0 rings (SSSR count). The number of carbonyl (C=O) groups is 1. The van der Waals surface area contributed by atoms with Crippen LogP contribution in [0, 0.1) is 0 Å². The van der Waals surface area contributed by atoms with Crippen molar-refractivity contribution in [3.8, 4) is 0 Å². The molecular formula is C7H14O4. The molecule has 0 aliphatic heterocycles. The first-order chi connectivity index (χ1) is 5.17. The zero-order valence-electron chi connectivity index (χ0n) is 7.03. The van der Waals surface area contributed by atoms with Gasteiger partial charge in [0.05, 0.1) is 13.2 Å². The summed E-state index contributed by atoms with van der Waals surface area (Å²) in [5, 5.41) is 9.18. The first-order valence-corrected chi connectivity index (χ1v) is 3.46. The fraction of sp³-hybridized carbons (Fsp3) is 0.857. The number of methoxy groups -OCH3 is 2. The van der Waals surface area contributed by atoms with E-state index in [0.717, 1.165) is 0 Å². The monoisotopic (exact) mass is 162 g/mol. The summed E-state index contributed by atoms with van der Waals surface area (Å²) < 4.78 is 9.16. The second-order valence-electron chi connectivity index (χ2n) is 2.15. The highest BCUT2D eigenvalue weighted by molar-refractivity contribution is 5.74. The van der Waals surface area contributed by atoms with Gasteiger partial charge in [0.1, 0.15) is 0 Å². The molecule has 0 aliphatic carbocycles. The minimum atomic E-state index is -1.17. The van der Waals surface area contributed by atoms with E-state index in [9.17, 15) is 9.90 Å². The Morgan fingerprint density at radius 1 is 1.55 bits per heavy atom. The maximum atomic E-state index is 10.7. The Kier molecular flexibility index (Phi) is 4.81. The summed E-state index contributed by atoms with van der Waals surface area (Å²) >= 11 is 0. The zero-order chi connectivity index (χ0) is 8.85. The maximum Gasteiger partial charge on any atom is 0.337 e. The van der Waals surface area contributed by atoms with Crippen molar-refractivity contribution in [1.29, 1.82) is 0 Å². The van der Waals surface area contributed by atoms with Crippen molar-refractivity contribution in [2.45, 2.75) is 25.6 Å². The van der Waals surface area contributed by atoms with Gasteiger partial charge in [-0.15, -0.1) is 0 Å². The number of hydrogen-bond donors (Lipinski definition) is 1. The van der Waals surface area contributed by atoms with Gasteiger partial charge in [-0.1, -0.05) is 6.92 Å². The molecule has 66 valence electrons. The van der Waals surface area contributed by atoms with Crippen LogP contribution in [-0.2, 0) is 14.3 Å². The molecule has 0 aromatic carbocycles. The number of hydrogen-bond acceptors (Lipinski definition) is 4. The Morgan fingerprint density at radius 3 is 2.36 bits per heavy atom. The summed E-state index contributed by atoms with van der Waals surface area (Å²) in [6, 6.07) is 0. The molecule has 0 spiro atoms. The molecule has 0 aliphatic rings. The zero-order valence-corrected chi connectivity index (χ0v) is 7.03. The molecule has 0 aromatic rings. The number of esters is 1. The molecule has 0 aromatic heterocycles. The van der Waals surface area contributed by atoms with E-state index in [1.54, 1.807) is 0 Å². The lowest BCUT2D eigenvalue weighted by Gasteiger charge is -2.17. The van der Waals surface area contributed by atoms with Crippen LogP contribution in [-0.4, -0.2) is 37.5 Å². The smallest absolute Gasteiger partial charge is 0.337 e. The number of ether oxygens (including phenoxy) is 2. The van der Waals surface area contributed by atoms with E-state index < -0.39 is 18.2 Å². The van der Waals surface area contributed by atoms with Gasteiger partial charge in [0.15, 0.2) is 6.10 Å². The highest BCUT2D eigenvalue weighted by atomic mass is 16.5. The van der Waals surface area contributed by atoms with Crippen LogP contribution < -0.4 is 0 Å². The van der Waals surface area contributed by atoms with E-state index in [1.165, 1.54) is 14.2 Å². The number of carbonyl (C=O) groups excluding carboxylic acids is 1. The average Bonchev–Trinajstić information content (AvgIpc) is 2.05. The lowest BCUT2D eigenvalue weighted by atomic mass is 10.1. The van der Waals surface area contributed by atoms with Crippen molar-refractivity contribution in [3.63, 3.8) is 0 Å². The van der Waals surface area contributed by atoms with Crippen molar-refractivity contribution >= 4 is 5.97 Å². The standard InChI is InChI=1S/C7H14O4/c1-4-5(10-2)6(8)7(9)11-3/h5-6,8H,4H2,1-3H3. The van der Waals surface area contributed by atoms with Gasteiger partial charge in [0.25, 0.3) is 0 Å². The largest absolute Gasteiger partial charge is 0.467 e. The maximum absolute atomic E-state index is 10.7. The van der Waals surface area contributed by atoms with Gasteiger partial charge in [0.2, 0.25) is 0 Å². The fourth-order valence-corrected chi connectivity index (χ4v) is 0.791. The van der Waals surface area contributed by atoms with E-state index in [0.29, 0.717) is 6.42 Å². The number of aliphatic hydroxyl groups is 1. The van der Waals surface area contributed by atoms with Crippen LogP contribution in [0.5, 0.6) is 0 Å². The number of rotatable bonds is 4. The molecule has 1 N–H and O–H groups in total. The molecule has 4 heteroatoms. The quantitative estimate of drug-likeness (QED) is 0.589. The van der Waals surface area contributed by atoms with Crippen LogP contribution >= 0.6 is 0 Å². The van der Waals surface area contributed by atoms with Crippen molar-refractivity contribution in [3.05, 3.63) is 0 Å². The summed E-state index contributed by atoms with van der Waals surface area (Å²) in [5.41, 5.74) is 0. The van der Waals surface area contributed by atoms with Crippen LogP contribution in [0.15, 0.2) is 0 Å². The van der Waals surface area contributed by atoms with E-state index in [4.69, 9.17) is 4.74 Å². The van der Waals surface area contributed by atoms with Crippen LogP contribution in [0.1, 0.15) is 13.3 Å². The van der Waals surface area contributed by atoms with Gasteiger partial charge < -0.3 is 14.6 Å². The predicted octanol–water partition coefficient (Wildman–Crippen LogP) is -0.0547. The molecule has 0 radical (unpaired) electrons. The van der Waals surface area contributed by atoms with Crippen molar-refractivity contribution in [2.75, 3.05) is 14.2 Å². The molecule has 0 bridgehead atoms. The third-order valence-corrected chi connectivity index (χ3v) is 1.50. The second-order valence-corrected chi connectivity index (χ2v) is 2.15. The molecule has 0 saturated carbocycles. The molecule has 2 unspecified atom stereocenters. The SMILES string of the molecule is CCC(OC)C(O)C(=O)OC. The molecule has 2 atom stereocenters. The Labute approximate surface area is 66.1 Å². The lowest BCUT2D eigenvalue weighted by molar-refractivity contribution is -0.158. The van der Waals surface area contributed by atoms with E-state index in [-0.39, 0.29) is 0 Å². The van der Waals surface area contributed by atoms with Gasteiger partial charge in [-0.3, -0.25) is 0 Å². The van der Waals surface area contributed by atoms with Crippen molar-refractivity contribution in [1.82, 2.24) is 0 Å². The third kappa shape index (κ3) is 2.86. The van der Waals surface area contributed by atoms with Gasteiger partial charge in [0, 0.05) is 7.11 Å². The van der Waals surface area contributed by atoms with Crippen LogP contribution in [0.2, 0.25) is 0 Å². The van der Waals surface area contributed by atoms with Crippen molar-refractivity contribution in [2.24, 2.45) is 0 Å². The first kappa shape index (κ1) is 10.4. The Morgan fingerprint density at radius 2 is 2.09 bits per heavy atom. The molecule has 0 saturated heterocycles. The summed E-state index contributed by atoms with van der Waals surface area (Å²) in [5.74, 6) is -0.654. The summed E-state index contributed by atoms with van der Waals surface area (Å²) in [6.45, 7) is 1.82. The highest BCUT2D eigenvalue weighted by Gasteiger charge is 2.24. The lowest BCUT2D eigenvalue weighted by Crippen LogP contribution is -2.35. The second kappa shape index (κ2) is 5.09. The minimum absolute atomic E-state index is 0.470. The predicted molar refractivity (Wildman–Crippen MR) is 39.1 cm³/mol. The van der Waals surface area contributed by atoms with E-state index in [2.05, 4.69) is 4.74 Å². The molecular weight excluding hydrogens is 148 g/mol. The third-order valence-electron chi connectivity index (χ3n) is 1.50. The molecule has 0 heterocycles. The molecule has 11 heavy (non-hydrogen) atoms. The first-order valence-electron chi connectivity index (χ1n) is 3.46. The van der Waals surface area contributed by atoms with Crippen LogP contribution in [0.3, 0.4) is 0 Å². The summed E-state index contributed by atoms with van der Waals surface area (Å²) in [6.07, 6.45) is -1.07. The van der Waals surface area contributed by atoms with Gasteiger partial charge >= 0.3 is 5.97 Å².